The van der Waals surface area contributed by atoms with Gasteiger partial charge in [0.25, 0.3) is 0 Å². The number of rotatable bonds is 4. The van der Waals surface area contributed by atoms with E-state index in [9.17, 15) is 22.4 Å². The molecule has 4 rings (SSSR count). The zero-order valence-electron chi connectivity index (χ0n) is 17.1. The van der Waals surface area contributed by atoms with Crippen LogP contribution in [0.2, 0.25) is 0 Å². The molecule has 0 fully saturated rings. The van der Waals surface area contributed by atoms with E-state index in [4.69, 9.17) is 10.5 Å². The average molecular weight is 459 g/mol. The Hall–Kier alpha value is -4.28. The molecule has 0 unspecified atom stereocenters. The number of benzene rings is 3. The molecule has 0 saturated carbocycles. The molecule has 33 heavy (non-hydrogen) atoms. The summed E-state index contributed by atoms with van der Waals surface area (Å²) in [5.74, 6) is 0.376. The predicted molar refractivity (Wildman–Crippen MR) is 116 cm³/mol. The summed E-state index contributed by atoms with van der Waals surface area (Å²) in [6.45, 7) is 0. The highest BCUT2D eigenvalue weighted by Crippen LogP contribution is 2.32. The van der Waals surface area contributed by atoms with Gasteiger partial charge in [-0.3, -0.25) is 0 Å². The highest BCUT2D eigenvalue weighted by Gasteiger charge is 2.31. The van der Waals surface area contributed by atoms with Gasteiger partial charge in [0.05, 0.1) is 22.3 Å². The number of aromatic nitrogens is 2. The van der Waals surface area contributed by atoms with Gasteiger partial charge in [-0.25, -0.2) is 14.2 Å². The Bertz CT molecular complexity index is 1330. The zero-order valence-corrected chi connectivity index (χ0v) is 17.1. The number of ether oxygens (including phenoxy) is 1. The monoisotopic (exact) mass is 459 g/mol. The van der Waals surface area contributed by atoms with Crippen LogP contribution in [0.3, 0.4) is 0 Å². The number of halogens is 4. The van der Waals surface area contributed by atoms with Crippen LogP contribution in [0.1, 0.15) is 5.56 Å². The van der Waals surface area contributed by atoms with Gasteiger partial charge in [-0.1, -0.05) is 0 Å². The van der Waals surface area contributed by atoms with Crippen LogP contribution in [-0.2, 0) is 13.2 Å². The van der Waals surface area contributed by atoms with Crippen molar-refractivity contribution in [2.24, 2.45) is 7.05 Å². The van der Waals surface area contributed by atoms with Crippen molar-refractivity contribution in [2.45, 2.75) is 6.18 Å². The van der Waals surface area contributed by atoms with E-state index in [2.05, 4.69) is 15.6 Å². The lowest BCUT2D eigenvalue weighted by molar-refractivity contribution is -0.137. The van der Waals surface area contributed by atoms with Crippen LogP contribution in [0.25, 0.3) is 11.0 Å². The van der Waals surface area contributed by atoms with E-state index >= 15 is 0 Å². The minimum absolute atomic E-state index is 0.320. The molecule has 0 saturated heterocycles. The van der Waals surface area contributed by atoms with Crippen LogP contribution in [0, 0.1) is 5.82 Å². The number of hydrogen-bond donors (Lipinski definition) is 3. The van der Waals surface area contributed by atoms with E-state index in [1.54, 1.807) is 35.9 Å². The maximum atomic E-state index is 13.8. The van der Waals surface area contributed by atoms with E-state index in [0.717, 1.165) is 5.52 Å². The van der Waals surface area contributed by atoms with Gasteiger partial charge in [0, 0.05) is 18.8 Å². The average Bonchev–Trinajstić information content (AvgIpc) is 3.03. The van der Waals surface area contributed by atoms with Crippen molar-refractivity contribution in [1.82, 2.24) is 9.55 Å². The first kappa shape index (κ1) is 21.9. The largest absolute Gasteiger partial charge is 0.457 e. The number of hydrogen-bond acceptors (Lipinski definition) is 4. The van der Waals surface area contributed by atoms with Gasteiger partial charge in [0.15, 0.2) is 0 Å². The summed E-state index contributed by atoms with van der Waals surface area (Å²) in [5, 5.41) is 4.49. The van der Waals surface area contributed by atoms with Crippen molar-refractivity contribution >= 4 is 34.4 Å². The van der Waals surface area contributed by atoms with E-state index in [-0.39, 0.29) is 0 Å². The lowest BCUT2D eigenvalue weighted by Gasteiger charge is -2.12. The molecule has 3 aromatic carbocycles. The molecule has 1 heterocycles. The molecule has 4 N–H and O–H groups in total. The number of amides is 2. The first-order valence-corrected chi connectivity index (χ1v) is 9.55. The van der Waals surface area contributed by atoms with Gasteiger partial charge in [-0.05, 0) is 54.6 Å². The molecule has 11 heteroatoms. The van der Waals surface area contributed by atoms with Crippen LogP contribution < -0.4 is 21.1 Å². The minimum atomic E-state index is -4.66. The molecule has 0 bridgehead atoms. The summed E-state index contributed by atoms with van der Waals surface area (Å²) < 4.78 is 59.7. The van der Waals surface area contributed by atoms with Crippen molar-refractivity contribution < 1.29 is 27.1 Å². The van der Waals surface area contributed by atoms with E-state index in [1.165, 1.54) is 12.1 Å². The van der Waals surface area contributed by atoms with Crippen molar-refractivity contribution in [3.63, 3.8) is 0 Å². The molecule has 2 amide bonds. The van der Waals surface area contributed by atoms with Gasteiger partial charge in [0.2, 0.25) is 5.95 Å². The third-order valence-corrected chi connectivity index (χ3v) is 4.78. The second kappa shape index (κ2) is 8.34. The van der Waals surface area contributed by atoms with Crippen molar-refractivity contribution in [2.75, 3.05) is 16.4 Å². The molecule has 1 aromatic heterocycles. The zero-order chi connectivity index (χ0) is 23.8. The number of nitrogens with two attached hydrogens (primary N) is 1. The molecule has 4 aromatic rings. The van der Waals surface area contributed by atoms with E-state index in [1.807, 2.05) is 6.07 Å². The number of aryl methyl sites for hydroxylation is 1. The highest BCUT2D eigenvalue weighted by atomic mass is 19.4. The van der Waals surface area contributed by atoms with Crippen LogP contribution in [-0.4, -0.2) is 15.6 Å². The number of carbonyl (C=O) groups is 1. The predicted octanol–water partition coefficient (Wildman–Crippen LogP) is 5.75. The van der Waals surface area contributed by atoms with Crippen LogP contribution in [0.15, 0.2) is 60.7 Å². The number of fused-ring (bicyclic) bond motifs is 1. The van der Waals surface area contributed by atoms with Crippen LogP contribution in [0.5, 0.6) is 11.5 Å². The molecule has 170 valence electrons. The Balaban J connectivity index is 1.41. The summed E-state index contributed by atoms with van der Waals surface area (Å²) in [6.07, 6.45) is -4.66. The SMILES string of the molecule is Cn1c(N)nc2cc(Oc3ccc(NC(=O)Nc4cc(C(F)(F)F)ccc4F)cc3)ccc21. The van der Waals surface area contributed by atoms with E-state index in [0.29, 0.717) is 46.9 Å². The number of urea groups is 1. The van der Waals surface area contributed by atoms with Crippen LogP contribution >= 0.6 is 0 Å². The van der Waals surface area contributed by atoms with Crippen molar-refractivity contribution in [3.8, 4) is 11.5 Å². The van der Waals surface area contributed by atoms with Crippen LogP contribution in [0.4, 0.5) is 39.7 Å². The summed E-state index contributed by atoms with van der Waals surface area (Å²) in [4.78, 5) is 16.3. The number of imidazole rings is 1. The number of carbonyl (C=O) groups excluding carboxylic acids is 1. The van der Waals surface area contributed by atoms with Gasteiger partial charge in [0.1, 0.15) is 17.3 Å². The number of anilines is 3. The molecule has 0 spiro atoms. The lowest BCUT2D eigenvalue weighted by atomic mass is 10.2. The quantitative estimate of drug-likeness (QED) is 0.339. The topological polar surface area (TPSA) is 94.2 Å². The minimum Gasteiger partial charge on any atom is -0.457 e. The Labute approximate surface area is 184 Å². The van der Waals surface area contributed by atoms with Crippen molar-refractivity contribution in [1.29, 1.82) is 0 Å². The highest BCUT2D eigenvalue weighted by molar-refractivity contribution is 5.99. The Morgan fingerprint density at radius 2 is 1.70 bits per heavy atom. The molecule has 0 aliphatic rings. The number of nitrogens with one attached hydrogen (secondary N) is 2. The Morgan fingerprint density at radius 3 is 2.39 bits per heavy atom. The van der Waals surface area contributed by atoms with E-state index < -0.39 is 29.3 Å². The standard InChI is InChI=1S/C22H17F4N5O2/c1-31-19-9-7-15(11-18(19)29-20(31)27)33-14-5-3-13(4-6-14)28-21(32)30-17-10-12(22(24,25)26)2-8-16(17)23/h2-11H,1H3,(H2,27,29)(H2,28,30,32). The summed E-state index contributed by atoms with van der Waals surface area (Å²) in [7, 11) is 1.80. The molecular formula is C22H17F4N5O2. The number of nitrogens with zero attached hydrogens (tertiary/aromatic N) is 2. The lowest BCUT2D eigenvalue weighted by Crippen LogP contribution is -2.20. The second-order valence-corrected chi connectivity index (χ2v) is 7.08. The molecule has 0 aliphatic heterocycles. The Morgan fingerprint density at radius 1 is 1.00 bits per heavy atom. The normalized spacial score (nSPS) is 11.4. The fourth-order valence-corrected chi connectivity index (χ4v) is 3.09. The first-order valence-electron chi connectivity index (χ1n) is 9.55. The maximum Gasteiger partial charge on any atom is 0.416 e. The van der Waals surface area contributed by atoms with Gasteiger partial charge in [-0.15, -0.1) is 0 Å². The summed E-state index contributed by atoms with van der Waals surface area (Å²) in [5.41, 5.74) is 5.97. The fourth-order valence-electron chi connectivity index (χ4n) is 3.09. The van der Waals surface area contributed by atoms with Gasteiger partial charge >= 0.3 is 12.2 Å². The number of alkyl halides is 3. The molecule has 0 atom stereocenters. The second-order valence-electron chi connectivity index (χ2n) is 7.08. The summed E-state index contributed by atoms with van der Waals surface area (Å²) in [6, 6.07) is 12.4. The van der Waals surface area contributed by atoms with Gasteiger partial charge < -0.3 is 25.7 Å². The molecule has 0 aliphatic carbocycles. The molecule has 7 nitrogen and oxygen atoms in total. The Kier molecular flexibility index (Phi) is 5.54. The molecule has 0 radical (unpaired) electrons. The first-order chi connectivity index (χ1) is 15.6. The van der Waals surface area contributed by atoms with Gasteiger partial charge in [-0.2, -0.15) is 13.2 Å². The summed E-state index contributed by atoms with van der Waals surface area (Å²) >= 11 is 0. The number of nitrogen functional groups attached to an aromatic ring is 1. The fraction of sp³-hybridized carbons (Fsp3) is 0.0909. The maximum absolute atomic E-state index is 13.8. The van der Waals surface area contributed by atoms with Crippen molar-refractivity contribution in [3.05, 3.63) is 72.0 Å². The third-order valence-electron chi connectivity index (χ3n) is 4.78. The smallest absolute Gasteiger partial charge is 0.416 e. The third kappa shape index (κ3) is 4.81. The molecular weight excluding hydrogens is 442 g/mol.